The van der Waals surface area contributed by atoms with Gasteiger partial charge in [0.2, 0.25) is 0 Å². The van der Waals surface area contributed by atoms with Gasteiger partial charge in [-0.05, 0) is 19.4 Å². The Kier molecular flexibility index (Phi) is 4.58. The fraction of sp³-hybridized carbons (Fsp3) is 1.00. The predicted octanol–water partition coefficient (Wildman–Crippen LogP) is 1.12. The molecule has 1 aliphatic rings. The van der Waals surface area contributed by atoms with E-state index in [1.54, 1.807) is 0 Å². The molecule has 0 aromatic carbocycles. The lowest BCUT2D eigenvalue weighted by Gasteiger charge is -2.20. The zero-order valence-electron chi connectivity index (χ0n) is 7.79. The minimum Gasteiger partial charge on any atom is -0.350 e. The van der Waals surface area contributed by atoms with Gasteiger partial charge < -0.3 is 15.2 Å². The van der Waals surface area contributed by atoms with E-state index >= 15 is 0 Å². The Labute approximate surface area is 74.2 Å². The molecule has 0 aromatic rings. The van der Waals surface area contributed by atoms with E-state index in [1.165, 1.54) is 6.42 Å². The van der Waals surface area contributed by atoms with Gasteiger partial charge in [0.05, 0.1) is 13.2 Å². The zero-order chi connectivity index (χ0) is 8.81. The molecule has 0 bridgehead atoms. The predicted molar refractivity (Wildman–Crippen MR) is 47.8 cm³/mol. The summed E-state index contributed by atoms with van der Waals surface area (Å²) in [5.41, 5.74) is 5.52. The van der Waals surface area contributed by atoms with Crippen LogP contribution in [0.4, 0.5) is 0 Å². The third-order valence-electron chi connectivity index (χ3n) is 2.23. The second kappa shape index (κ2) is 5.51. The minimum atomic E-state index is 0.0218. The number of ether oxygens (including phenoxy) is 2. The Morgan fingerprint density at radius 2 is 2.00 bits per heavy atom. The topological polar surface area (TPSA) is 44.5 Å². The minimum absolute atomic E-state index is 0.0218. The summed E-state index contributed by atoms with van der Waals surface area (Å²) < 4.78 is 10.9. The van der Waals surface area contributed by atoms with E-state index in [1.807, 2.05) is 0 Å². The summed E-state index contributed by atoms with van der Waals surface area (Å²) in [6.45, 7) is 4.40. The van der Waals surface area contributed by atoms with Gasteiger partial charge in [0, 0.05) is 5.92 Å². The lowest BCUT2D eigenvalue weighted by molar-refractivity contribution is -0.0870. The summed E-state index contributed by atoms with van der Waals surface area (Å²) in [5.74, 6) is 0.502. The van der Waals surface area contributed by atoms with Crippen molar-refractivity contribution >= 4 is 0 Å². The van der Waals surface area contributed by atoms with Crippen LogP contribution in [-0.2, 0) is 9.47 Å². The molecule has 0 amide bonds. The van der Waals surface area contributed by atoms with Crippen molar-refractivity contribution in [1.29, 1.82) is 0 Å². The second-order valence-electron chi connectivity index (χ2n) is 3.24. The Bertz CT molecular complexity index is 107. The molecule has 2 N–H and O–H groups in total. The lowest BCUT2D eigenvalue weighted by Crippen LogP contribution is -2.24. The third-order valence-corrected chi connectivity index (χ3v) is 2.23. The average molecular weight is 173 g/mol. The molecule has 1 fully saturated rings. The number of hydrogen-bond acceptors (Lipinski definition) is 3. The summed E-state index contributed by atoms with van der Waals surface area (Å²) >= 11 is 0. The highest BCUT2D eigenvalue weighted by Crippen LogP contribution is 2.21. The van der Waals surface area contributed by atoms with Gasteiger partial charge in [0.25, 0.3) is 0 Å². The first kappa shape index (κ1) is 9.96. The molecule has 1 unspecified atom stereocenters. The molecule has 0 aliphatic carbocycles. The van der Waals surface area contributed by atoms with Gasteiger partial charge in [-0.25, -0.2) is 0 Å². The van der Waals surface area contributed by atoms with Crippen molar-refractivity contribution in [3.8, 4) is 0 Å². The Hall–Kier alpha value is -0.120. The van der Waals surface area contributed by atoms with Gasteiger partial charge in [-0.3, -0.25) is 0 Å². The smallest absolute Gasteiger partial charge is 0.160 e. The molecule has 0 saturated carbocycles. The number of nitrogens with two attached hydrogens (primary N) is 1. The average Bonchev–Trinajstić information content (AvgIpc) is 2.56. The van der Waals surface area contributed by atoms with E-state index in [9.17, 15) is 0 Å². The fourth-order valence-corrected chi connectivity index (χ4v) is 1.65. The van der Waals surface area contributed by atoms with Crippen LogP contribution in [0.15, 0.2) is 0 Å². The lowest BCUT2D eigenvalue weighted by atomic mass is 9.99. The Balaban J connectivity index is 2.29. The third kappa shape index (κ3) is 2.73. The molecule has 1 rings (SSSR count). The van der Waals surface area contributed by atoms with Gasteiger partial charge in [-0.1, -0.05) is 13.3 Å². The van der Waals surface area contributed by atoms with Crippen molar-refractivity contribution in [2.45, 2.75) is 32.5 Å². The SMILES string of the molecule is CCCC(CCN)C1OCCO1. The van der Waals surface area contributed by atoms with Crippen LogP contribution in [-0.4, -0.2) is 26.0 Å². The Morgan fingerprint density at radius 3 is 2.50 bits per heavy atom. The molecule has 12 heavy (non-hydrogen) atoms. The normalized spacial score (nSPS) is 21.5. The van der Waals surface area contributed by atoms with Gasteiger partial charge in [-0.2, -0.15) is 0 Å². The molecule has 1 aliphatic heterocycles. The molecule has 1 saturated heterocycles. The van der Waals surface area contributed by atoms with Gasteiger partial charge >= 0.3 is 0 Å². The molecule has 1 atom stereocenters. The van der Waals surface area contributed by atoms with Crippen LogP contribution in [0, 0.1) is 5.92 Å². The van der Waals surface area contributed by atoms with Crippen LogP contribution in [0.25, 0.3) is 0 Å². The first-order chi connectivity index (χ1) is 5.88. The first-order valence-electron chi connectivity index (χ1n) is 4.81. The highest BCUT2D eigenvalue weighted by molar-refractivity contribution is 4.66. The maximum Gasteiger partial charge on any atom is 0.160 e. The van der Waals surface area contributed by atoms with Crippen LogP contribution < -0.4 is 5.73 Å². The van der Waals surface area contributed by atoms with Crippen molar-refractivity contribution in [2.24, 2.45) is 11.7 Å². The van der Waals surface area contributed by atoms with Crippen LogP contribution in [0.3, 0.4) is 0 Å². The largest absolute Gasteiger partial charge is 0.350 e. The maximum atomic E-state index is 5.52. The first-order valence-corrected chi connectivity index (χ1v) is 4.81. The number of rotatable bonds is 5. The molecule has 0 aromatic heterocycles. The van der Waals surface area contributed by atoms with E-state index in [-0.39, 0.29) is 6.29 Å². The number of hydrogen-bond donors (Lipinski definition) is 1. The molecule has 0 spiro atoms. The summed E-state index contributed by atoms with van der Waals surface area (Å²) in [6.07, 6.45) is 3.36. The molecular formula is C9H19NO2. The van der Waals surface area contributed by atoms with Crippen molar-refractivity contribution in [1.82, 2.24) is 0 Å². The molecule has 1 heterocycles. The highest BCUT2D eigenvalue weighted by atomic mass is 16.7. The van der Waals surface area contributed by atoms with Crippen molar-refractivity contribution in [2.75, 3.05) is 19.8 Å². The molecule has 3 nitrogen and oxygen atoms in total. The van der Waals surface area contributed by atoms with E-state index in [4.69, 9.17) is 15.2 Å². The maximum absolute atomic E-state index is 5.52. The molecule has 0 radical (unpaired) electrons. The summed E-state index contributed by atoms with van der Waals surface area (Å²) in [4.78, 5) is 0. The van der Waals surface area contributed by atoms with E-state index in [0.717, 1.165) is 32.6 Å². The fourth-order valence-electron chi connectivity index (χ4n) is 1.65. The standard InChI is InChI=1S/C9H19NO2/c1-2-3-8(4-5-10)9-11-6-7-12-9/h8-9H,2-7,10H2,1H3. The van der Waals surface area contributed by atoms with Crippen LogP contribution in [0.1, 0.15) is 26.2 Å². The van der Waals surface area contributed by atoms with Gasteiger partial charge in [0.1, 0.15) is 0 Å². The highest BCUT2D eigenvalue weighted by Gasteiger charge is 2.25. The molecule has 3 heteroatoms. The van der Waals surface area contributed by atoms with E-state index in [0.29, 0.717) is 5.92 Å². The van der Waals surface area contributed by atoms with Crippen LogP contribution >= 0.6 is 0 Å². The Morgan fingerprint density at radius 1 is 1.33 bits per heavy atom. The summed E-state index contributed by atoms with van der Waals surface area (Å²) in [7, 11) is 0. The zero-order valence-corrected chi connectivity index (χ0v) is 7.79. The van der Waals surface area contributed by atoms with Crippen molar-refractivity contribution in [3.63, 3.8) is 0 Å². The van der Waals surface area contributed by atoms with E-state index < -0.39 is 0 Å². The van der Waals surface area contributed by atoms with Gasteiger partial charge in [0.15, 0.2) is 6.29 Å². The quantitative estimate of drug-likeness (QED) is 0.677. The summed E-state index contributed by atoms with van der Waals surface area (Å²) in [5, 5.41) is 0. The van der Waals surface area contributed by atoms with Crippen molar-refractivity contribution in [3.05, 3.63) is 0 Å². The monoisotopic (exact) mass is 173 g/mol. The molecular weight excluding hydrogens is 154 g/mol. The van der Waals surface area contributed by atoms with E-state index in [2.05, 4.69) is 6.92 Å². The second-order valence-corrected chi connectivity index (χ2v) is 3.24. The van der Waals surface area contributed by atoms with Crippen molar-refractivity contribution < 1.29 is 9.47 Å². The summed E-state index contributed by atoms with van der Waals surface area (Å²) in [6, 6.07) is 0. The van der Waals surface area contributed by atoms with Gasteiger partial charge in [-0.15, -0.1) is 0 Å². The van der Waals surface area contributed by atoms with Crippen LogP contribution in [0.2, 0.25) is 0 Å². The molecule has 72 valence electrons. The van der Waals surface area contributed by atoms with Crippen LogP contribution in [0.5, 0.6) is 0 Å².